The normalized spacial score (nSPS) is 14.6. The molecule has 3 heterocycles. The lowest BCUT2D eigenvalue weighted by atomic mass is 10.1. The number of benzene rings is 6. The first-order valence-electron chi connectivity index (χ1n) is 13.2. The summed E-state index contributed by atoms with van der Waals surface area (Å²) in [6.07, 6.45) is 0. The van der Waals surface area contributed by atoms with Crippen LogP contribution in [0, 0.1) is 0 Å². The van der Waals surface area contributed by atoms with Gasteiger partial charge >= 0.3 is 0 Å². The van der Waals surface area contributed by atoms with Crippen molar-refractivity contribution in [3.63, 3.8) is 0 Å². The summed E-state index contributed by atoms with van der Waals surface area (Å²) < 4.78 is 15.8. The molecule has 6 aromatic carbocycles. The molecular formula is C35H20NOPS2. The Balaban J connectivity index is 1.35. The van der Waals surface area contributed by atoms with Gasteiger partial charge in [-0.3, -0.25) is 0 Å². The summed E-state index contributed by atoms with van der Waals surface area (Å²) in [6, 6.07) is 42.4. The highest BCUT2D eigenvalue weighted by Gasteiger charge is 2.45. The van der Waals surface area contributed by atoms with Gasteiger partial charge < -0.3 is 4.57 Å². The second-order valence-corrected chi connectivity index (χ2v) is 15.2. The minimum absolute atomic E-state index is 0.933. The van der Waals surface area contributed by atoms with Crippen molar-refractivity contribution in [3.05, 3.63) is 121 Å². The van der Waals surface area contributed by atoms with Crippen molar-refractivity contribution in [2.45, 2.75) is 19.6 Å². The van der Waals surface area contributed by atoms with Crippen molar-refractivity contribution in [3.8, 4) is 11.3 Å². The fourth-order valence-electron chi connectivity index (χ4n) is 6.10. The van der Waals surface area contributed by atoms with Crippen LogP contribution in [-0.2, 0) is 4.57 Å². The third kappa shape index (κ3) is 3.22. The third-order valence-electron chi connectivity index (χ3n) is 8.02. The molecule has 0 radical (unpaired) electrons. The molecule has 188 valence electrons. The van der Waals surface area contributed by atoms with E-state index in [-0.39, 0.29) is 0 Å². The fraction of sp³-hybridized carbons (Fsp3) is 0. The van der Waals surface area contributed by atoms with E-state index < -0.39 is 7.14 Å². The summed E-state index contributed by atoms with van der Waals surface area (Å²) >= 11 is 3.48. The fourth-order valence-corrected chi connectivity index (χ4v) is 13.1. The standard InChI is InChI=1S/C35H20NOPS2/c37-38-29-15-22-8-1-3-10-24(22)17-31(29)39-33-19-26(28-14-13-21-7-5-6-12-27(21)36-28)20-34(35(33)38)40-32-18-25-11-4-2-9-23(25)16-30(32)38/h1-20H. The summed E-state index contributed by atoms with van der Waals surface area (Å²) in [7, 11) is -3.14. The van der Waals surface area contributed by atoms with E-state index in [4.69, 9.17) is 4.98 Å². The van der Waals surface area contributed by atoms with Gasteiger partial charge in [-0.15, -0.1) is 0 Å². The highest BCUT2D eigenvalue weighted by molar-refractivity contribution is 8.05. The SMILES string of the molecule is O=P12c3cc4ccccc4cc3Sc3cc(-c4ccc5ccccc5n4)cc(c31)Sc1cc3ccccc3cc12. The second kappa shape index (κ2) is 8.34. The number of hydrogen-bond acceptors (Lipinski definition) is 4. The van der Waals surface area contributed by atoms with Crippen molar-refractivity contribution >= 4 is 79.0 Å². The van der Waals surface area contributed by atoms with Gasteiger partial charge in [0.15, 0.2) is 7.14 Å². The predicted molar refractivity (Wildman–Crippen MR) is 170 cm³/mol. The maximum absolute atomic E-state index is 15.8. The number of aromatic nitrogens is 1. The van der Waals surface area contributed by atoms with Gasteiger partial charge in [0.05, 0.1) is 11.2 Å². The first-order chi connectivity index (χ1) is 19.6. The molecule has 2 aliphatic rings. The second-order valence-electron chi connectivity index (χ2n) is 10.4. The van der Waals surface area contributed by atoms with Gasteiger partial charge in [0, 0.05) is 46.4 Å². The minimum Gasteiger partial charge on any atom is -0.308 e. The number of hydrogen-bond donors (Lipinski definition) is 0. The van der Waals surface area contributed by atoms with Gasteiger partial charge in [0.2, 0.25) is 0 Å². The molecule has 1 aromatic heterocycles. The molecule has 9 rings (SSSR count). The summed E-state index contributed by atoms with van der Waals surface area (Å²) in [4.78, 5) is 9.30. The summed E-state index contributed by atoms with van der Waals surface area (Å²) in [6.45, 7) is 0. The van der Waals surface area contributed by atoms with Crippen LogP contribution < -0.4 is 15.9 Å². The van der Waals surface area contributed by atoms with E-state index in [1.807, 2.05) is 12.1 Å². The molecule has 5 heteroatoms. The van der Waals surface area contributed by atoms with Gasteiger partial charge in [-0.1, -0.05) is 96.3 Å². The van der Waals surface area contributed by atoms with Crippen LogP contribution in [0.25, 0.3) is 43.7 Å². The number of nitrogens with zero attached hydrogens (tertiary/aromatic N) is 1. The van der Waals surface area contributed by atoms with E-state index in [2.05, 4.69) is 109 Å². The zero-order chi connectivity index (χ0) is 26.4. The van der Waals surface area contributed by atoms with Gasteiger partial charge in [0.25, 0.3) is 0 Å². The lowest BCUT2D eigenvalue weighted by molar-refractivity contribution is 0.591. The van der Waals surface area contributed by atoms with Crippen LogP contribution in [0.5, 0.6) is 0 Å². The molecule has 0 N–H and O–H groups in total. The molecule has 0 aliphatic carbocycles. The molecule has 7 aromatic rings. The Hall–Kier alpha value is -3.82. The lowest BCUT2D eigenvalue weighted by Gasteiger charge is -2.35. The van der Waals surface area contributed by atoms with Gasteiger partial charge in [0.1, 0.15) is 0 Å². The highest BCUT2D eigenvalue weighted by Crippen LogP contribution is 2.60. The van der Waals surface area contributed by atoms with Crippen LogP contribution in [0.15, 0.2) is 141 Å². The Morgan fingerprint density at radius 3 is 1.57 bits per heavy atom. The van der Waals surface area contributed by atoms with E-state index in [0.29, 0.717) is 0 Å². The first-order valence-corrected chi connectivity index (χ1v) is 16.6. The monoisotopic (exact) mass is 565 g/mol. The van der Waals surface area contributed by atoms with Gasteiger partial charge in [-0.05, 0) is 70.1 Å². The van der Waals surface area contributed by atoms with Crippen molar-refractivity contribution < 1.29 is 4.57 Å². The maximum atomic E-state index is 15.8. The van der Waals surface area contributed by atoms with Crippen molar-refractivity contribution in [2.24, 2.45) is 0 Å². The van der Waals surface area contributed by atoms with Crippen LogP contribution in [0.2, 0.25) is 0 Å². The van der Waals surface area contributed by atoms with E-state index in [1.165, 1.54) is 10.8 Å². The van der Waals surface area contributed by atoms with Crippen LogP contribution in [-0.4, -0.2) is 4.98 Å². The Morgan fingerprint density at radius 1 is 0.500 bits per heavy atom. The Morgan fingerprint density at radius 2 is 1.00 bits per heavy atom. The van der Waals surface area contributed by atoms with Crippen LogP contribution in [0.4, 0.5) is 0 Å². The van der Waals surface area contributed by atoms with Crippen molar-refractivity contribution in [1.29, 1.82) is 0 Å². The summed E-state index contributed by atoms with van der Waals surface area (Å²) in [5.41, 5.74) is 2.97. The Kier molecular flexibility index (Phi) is 4.79. The summed E-state index contributed by atoms with van der Waals surface area (Å²) in [5.74, 6) is 0. The molecule has 0 spiro atoms. The highest BCUT2D eigenvalue weighted by atomic mass is 32.2. The van der Waals surface area contributed by atoms with E-state index in [0.717, 1.165) is 68.4 Å². The molecule has 2 nitrogen and oxygen atoms in total. The van der Waals surface area contributed by atoms with E-state index in [9.17, 15) is 0 Å². The topological polar surface area (TPSA) is 30.0 Å². The quantitative estimate of drug-likeness (QED) is 0.186. The molecule has 0 amide bonds. The summed E-state index contributed by atoms with van der Waals surface area (Å²) in [5, 5.41) is 8.61. The lowest BCUT2D eigenvalue weighted by Crippen LogP contribution is -2.35. The largest absolute Gasteiger partial charge is 0.308 e. The zero-order valence-electron chi connectivity index (χ0n) is 21.2. The molecule has 0 saturated carbocycles. The molecule has 0 saturated heterocycles. The van der Waals surface area contributed by atoms with Crippen LogP contribution in [0.3, 0.4) is 0 Å². The van der Waals surface area contributed by atoms with E-state index in [1.54, 1.807) is 23.5 Å². The first kappa shape index (κ1) is 22.9. The van der Waals surface area contributed by atoms with Crippen molar-refractivity contribution in [1.82, 2.24) is 4.98 Å². The van der Waals surface area contributed by atoms with Crippen LogP contribution in [0.1, 0.15) is 0 Å². The maximum Gasteiger partial charge on any atom is 0.175 e. The number of rotatable bonds is 1. The number of para-hydroxylation sites is 1. The molecule has 40 heavy (non-hydrogen) atoms. The van der Waals surface area contributed by atoms with Crippen molar-refractivity contribution in [2.75, 3.05) is 0 Å². The minimum atomic E-state index is -3.14. The average molecular weight is 566 g/mol. The molecule has 0 unspecified atom stereocenters. The molecule has 0 bridgehead atoms. The Labute approximate surface area is 239 Å². The zero-order valence-corrected chi connectivity index (χ0v) is 23.7. The molecule has 2 aliphatic heterocycles. The van der Waals surface area contributed by atoms with Gasteiger partial charge in [-0.2, -0.15) is 0 Å². The van der Waals surface area contributed by atoms with Crippen LogP contribution >= 0.6 is 30.7 Å². The van der Waals surface area contributed by atoms with E-state index >= 15 is 4.57 Å². The predicted octanol–water partition coefficient (Wildman–Crippen LogP) is 8.78. The Bertz CT molecular complexity index is 2160. The third-order valence-corrected chi connectivity index (χ3v) is 14.0. The number of fused-ring (bicyclic) bond motifs is 7. The number of pyridine rings is 1. The molecule has 0 fully saturated rings. The average Bonchev–Trinajstić information content (AvgIpc) is 2.99. The smallest absolute Gasteiger partial charge is 0.175 e. The van der Waals surface area contributed by atoms with Gasteiger partial charge in [-0.25, -0.2) is 4.98 Å². The molecule has 0 atom stereocenters. The molecular weight excluding hydrogens is 545 g/mol.